The second-order valence-electron chi connectivity index (χ2n) is 5.39. The van der Waals surface area contributed by atoms with Gasteiger partial charge in [-0.1, -0.05) is 0 Å². The SMILES string of the molecule is CC(C)(C)OC(=O)N1CCOc2ccc([N+](=O)[O-])cc21. The number of carbonyl (C=O) groups is 1. The van der Waals surface area contributed by atoms with Gasteiger partial charge >= 0.3 is 6.09 Å². The molecule has 0 atom stereocenters. The number of hydrogen-bond acceptors (Lipinski definition) is 5. The van der Waals surface area contributed by atoms with Gasteiger partial charge in [-0.2, -0.15) is 0 Å². The first-order valence-electron chi connectivity index (χ1n) is 6.20. The summed E-state index contributed by atoms with van der Waals surface area (Å²) in [7, 11) is 0. The third-order valence-corrected chi connectivity index (χ3v) is 2.63. The summed E-state index contributed by atoms with van der Waals surface area (Å²) in [6, 6.07) is 4.15. The van der Waals surface area contributed by atoms with Crippen LogP contribution in [0.15, 0.2) is 18.2 Å². The number of fused-ring (bicyclic) bond motifs is 1. The lowest BCUT2D eigenvalue weighted by atomic mass is 10.2. The van der Waals surface area contributed by atoms with Crippen molar-refractivity contribution in [3.8, 4) is 5.75 Å². The number of carbonyl (C=O) groups excluding carboxylic acids is 1. The number of ether oxygens (including phenoxy) is 2. The van der Waals surface area contributed by atoms with Crippen LogP contribution in [0, 0.1) is 10.1 Å². The van der Waals surface area contributed by atoms with Gasteiger partial charge in [0.2, 0.25) is 0 Å². The summed E-state index contributed by atoms with van der Waals surface area (Å²) < 4.78 is 10.7. The number of anilines is 1. The zero-order valence-corrected chi connectivity index (χ0v) is 11.6. The number of nitro benzene ring substituents is 1. The lowest BCUT2D eigenvalue weighted by Gasteiger charge is -2.31. The van der Waals surface area contributed by atoms with Crippen molar-refractivity contribution in [1.29, 1.82) is 0 Å². The number of nitrogens with zero attached hydrogens (tertiary/aromatic N) is 2. The maximum Gasteiger partial charge on any atom is 0.415 e. The molecule has 0 N–H and O–H groups in total. The van der Waals surface area contributed by atoms with Crippen LogP contribution < -0.4 is 9.64 Å². The molecule has 20 heavy (non-hydrogen) atoms. The van der Waals surface area contributed by atoms with Crippen LogP contribution in [-0.2, 0) is 4.74 Å². The molecule has 0 radical (unpaired) electrons. The fraction of sp³-hybridized carbons (Fsp3) is 0.462. The largest absolute Gasteiger partial charge is 0.490 e. The van der Waals surface area contributed by atoms with Crippen molar-refractivity contribution in [3.05, 3.63) is 28.3 Å². The zero-order chi connectivity index (χ0) is 14.9. The van der Waals surface area contributed by atoms with E-state index in [9.17, 15) is 14.9 Å². The van der Waals surface area contributed by atoms with Gasteiger partial charge in [-0.05, 0) is 26.8 Å². The highest BCUT2D eigenvalue weighted by atomic mass is 16.6. The van der Waals surface area contributed by atoms with Crippen LogP contribution in [-0.4, -0.2) is 29.8 Å². The molecular weight excluding hydrogens is 264 g/mol. The number of benzene rings is 1. The molecule has 0 fully saturated rings. The highest BCUT2D eigenvalue weighted by Crippen LogP contribution is 2.35. The van der Waals surface area contributed by atoms with Gasteiger partial charge in [0.15, 0.2) is 0 Å². The molecular formula is C13H16N2O5. The molecule has 7 heteroatoms. The minimum Gasteiger partial charge on any atom is -0.490 e. The van der Waals surface area contributed by atoms with Gasteiger partial charge in [0.05, 0.1) is 17.2 Å². The number of nitro groups is 1. The van der Waals surface area contributed by atoms with E-state index in [4.69, 9.17) is 9.47 Å². The Morgan fingerprint density at radius 3 is 2.75 bits per heavy atom. The molecule has 0 aliphatic carbocycles. The van der Waals surface area contributed by atoms with Gasteiger partial charge in [-0.15, -0.1) is 0 Å². The van der Waals surface area contributed by atoms with Crippen LogP contribution in [0.4, 0.5) is 16.2 Å². The second kappa shape index (κ2) is 4.99. The van der Waals surface area contributed by atoms with Crippen LogP contribution in [0.2, 0.25) is 0 Å². The predicted molar refractivity (Wildman–Crippen MR) is 72.2 cm³/mol. The third-order valence-electron chi connectivity index (χ3n) is 2.63. The fourth-order valence-electron chi connectivity index (χ4n) is 1.83. The van der Waals surface area contributed by atoms with E-state index in [0.717, 1.165) is 0 Å². The number of non-ortho nitro benzene ring substituents is 1. The number of rotatable bonds is 1. The van der Waals surface area contributed by atoms with Crippen molar-refractivity contribution >= 4 is 17.5 Å². The normalized spacial score (nSPS) is 14.2. The predicted octanol–water partition coefficient (Wildman–Crippen LogP) is 2.73. The van der Waals surface area contributed by atoms with Crippen molar-refractivity contribution in [1.82, 2.24) is 0 Å². The Hall–Kier alpha value is -2.31. The van der Waals surface area contributed by atoms with Gasteiger partial charge in [0, 0.05) is 12.1 Å². The molecule has 0 spiro atoms. The molecule has 2 rings (SSSR count). The van der Waals surface area contributed by atoms with E-state index in [1.54, 1.807) is 20.8 Å². The summed E-state index contributed by atoms with van der Waals surface area (Å²) in [4.78, 5) is 23.8. The topological polar surface area (TPSA) is 81.9 Å². The first kappa shape index (κ1) is 14.1. The quantitative estimate of drug-likeness (QED) is 0.583. The summed E-state index contributed by atoms with van der Waals surface area (Å²) in [5, 5.41) is 10.8. The van der Waals surface area contributed by atoms with E-state index >= 15 is 0 Å². The van der Waals surface area contributed by atoms with Gasteiger partial charge in [0.1, 0.15) is 18.0 Å². The van der Waals surface area contributed by atoms with Crippen LogP contribution in [0.3, 0.4) is 0 Å². The van der Waals surface area contributed by atoms with E-state index in [0.29, 0.717) is 24.6 Å². The van der Waals surface area contributed by atoms with E-state index < -0.39 is 16.6 Å². The second-order valence-corrected chi connectivity index (χ2v) is 5.39. The van der Waals surface area contributed by atoms with E-state index in [1.165, 1.54) is 23.1 Å². The van der Waals surface area contributed by atoms with Gasteiger partial charge in [-0.25, -0.2) is 4.79 Å². The van der Waals surface area contributed by atoms with Crippen molar-refractivity contribution in [2.45, 2.75) is 26.4 Å². The molecule has 0 saturated carbocycles. The third kappa shape index (κ3) is 2.98. The molecule has 0 saturated heterocycles. The first-order valence-corrected chi connectivity index (χ1v) is 6.20. The lowest BCUT2D eigenvalue weighted by Crippen LogP contribution is -2.41. The number of hydrogen-bond donors (Lipinski definition) is 0. The summed E-state index contributed by atoms with van der Waals surface area (Å²) in [5.41, 5.74) is -0.362. The van der Waals surface area contributed by atoms with Gasteiger partial charge in [0.25, 0.3) is 5.69 Å². The Bertz CT molecular complexity index is 550. The minimum absolute atomic E-state index is 0.0946. The van der Waals surface area contributed by atoms with Crippen molar-refractivity contribution in [3.63, 3.8) is 0 Å². The van der Waals surface area contributed by atoms with Crippen molar-refractivity contribution < 1.29 is 19.2 Å². The molecule has 0 aromatic heterocycles. The number of amides is 1. The smallest absolute Gasteiger partial charge is 0.415 e. The molecule has 1 amide bonds. The van der Waals surface area contributed by atoms with E-state index in [2.05, 4.69) is 0 Å². The summed E-state index contributed by atoms with van der Waals surface area (Å²) in [6.45, 7) is 5.91. The Morgan fingerprint density at radius 1 is 1.45 bits per heavy atom. The molecule has 1 aromatic carbocycles. The molecule has 0 unspecified atom stereocenters. The average molecular weight is 280 g/mol. The van der Waals surface area contributed by atoms with Crippen LogP contribution in [0.5, 0.6) is 5.75 Å². The summed E-state index contributed by atoms with van der Waals surface area (Å²) in [6.07, 6.45) is -0.539. The van der Waals surface area contributed by atoms with Crippen molar-refractivity contribution in [2.75, 3.05) is 18.1 Å². The molecule has 0 bridgehead atoms. The highest BCUT2D eigenvalue weighted by Gasteiger charge is 2.29. The molecule has 7 nitrogen and oxygen atoms in total. The van der Waals surface area contributed by atoms with Crippen LogP contribution >= 0.6 is 0 Å². The molecule has 1 aromatic rings. The zero-order valence-electron chi connectivity index (χ0n) is 11.6. The average Bonchev–Trinajstić information content (AvgIpc) is 2.35. The molecule has 1 aliphatic rings. The fourth-order valence-corrected chi connectivity index (χ4v) is 1.83. The maximum atomic E-state index is 12.1. The molecule has 1 heterocycles. The maximum absolute atomic E-state index is 12.1. The monoisotopic (exact) mass is 280 g/mol. The van der Waals surface area contributed by atoms with Crippen molar-refractivity contribution in [2.24, 2.45) is 0 Å². The van der Waals surface area contributed by atoms with Crippen LogP contribution in [0.25, 0.3) is 0 Å². The Morgan fingerprint density at radius 2 is 2.15 bits per heavy atom. The Kier molecular flexibility index (Phi) is 3.52. The lowest BCUT2D eigenvalue weighted by molar-refractivity contribution is -0.384. The highest BCUT2D eigenvalue weighted by molar-refractivity contribution is 5.91. The van der Waals surface area contributed by atoms with E-state index in [1.807, 2.05) is 0 Å². The standard InChI is InChI=1S/C13H16N2O5/c1-13(2,3)20-12(16)14-6-7-19-11-5-4-9(15(17)18)8-10(11)14/h4-5,8H,6-7H2,1-3H3. The van der Waals surface area contributed by atoms with E-state index in [-0.39, 0.29) is 5.69 Å². The molecule has 1 aliphatic heterocycles. The Balaban J connectivity index is 2.33. The molecule has 108 valence electrons. The summed E-state index contributed by atoms with van der Waals surface area (Å²) in [5.74, 6) is 0.438. The van der Waals surface area contributed by atoms with Gasteiger partial charge < -0.3 is 9.47 Å². The Labute approximate surface area is 116 Å². The van der Waals surface area contributed by atoms with Gasteiger partial charge in [-0.3, -0.25) is 15.0 Å². The van der Waals surface area contributed by atoms with Crippen LogP contribution in [0.1, 0.15) is 20.8 Å². The first-order chi connectivity index (χ1) is 9.28. The summed E-state index contributed by atoms with van der Waals surface area (Å²) >= 11 is 0. The minimum atomic E-state index is -0.629.